The minimum atomic E-state index is -0.207. The molecule has 20 heavy (non-hydrogen) atoms. The van der Waals surface area contributed by atoms with Crippen molar-refractivity contribution in [3.05, 3.63) is 46.7 Å². The molecule has 0 aliphatic heterocycles. The summed E-state index contributed by atoms with van der Waals surface area (Å²) in [5, 5.41) is 2.79. The highest BCUT2D eigenvalue weighted by Crippen LogP contribution is 2.26. The molecule has 0 fully saturated rings. The molecule has 0 bridgehead atoms. The van der Waals surface area contributed by atoms with Crippen LogP contribution in [-0.4, -0.2) is 16.7 Å². The summed E-state index contributed by atoms with van der Waals surface area (Å²) in [5.74, 6) is 0.620. The second kappa shape index (κ2) is 5.00. The number of fused-ring (bicyclic) bond motifs is 1. The normalized spacial score (nSPS) is 14.2. The average molecular weight is 272 g/mol. The first-order valence-electron chi connectivity index (χ1n) is 6.72. The Morgan fingerprint density at radius 2 is 2.30 bits per heavy atom. The molecule has 1 aliphatic carbocycles. The van der Waals surface area contributed by atoms with Crippen LogP contribution in [0.15, 0.2) is 22.8 Å². The van der Waals surface area contributed by atoms with Crippen LogP contribution in [-0.2, 0) is 13.0 Å². The molecule has 0 radical (unpaired) electrons. The van der Waals surface area contributed by atoms with Crippen LogP contribution in [0.2, 0.25) is 0 Å². The van der Waals surface area contributed by atoms with Crippen molar-refractivity contribution in [3.8, 4) is 0 Å². The van der Waals surface area contributed by atoms with E-state index in [4.69, 9.17) is 4.42 Å². The maximum Gasteiger partial charge on any atom is 0.268 e. The number of rotatable bonds is 3. The topological polar surface area (TPSA) is 75.1 Å². The number of hydrogen-bond donors (Lipinski definition) is 2. The van der Waals surface area contributed by atoms with Crippen molar-refractivity contribution in [1.29, 1.82) is 0 Å². The quantitative estimate of drug-likeness (QED) is 0.900. The fourth-order valence-electron chi connectivity index (χ4n) is 2.67. The Balaban J connectivity index is 1.80. The summed E-state index contributed by atoms with van der Waals surface area (Å²) in [7, 11) is 0. The third-order valence-corrected chi connectivity index (χ3v) is 3.67. The number of carbonyl (C=O) groups excluding carboxylic acids is 2. The molecule has 104 valence electrons. The molecule has 5 heteroatoms. The summed E-state index contributed by atoms with van der Waals surface area (Å²) in [5.41, 5.74) is 2.83. The first-order valence-corrected chi connectivity index (χ1v) is 6.72. The summed E-state index contributed by atoms with van der Waals surface area (Å²) in [6, 6.07) is 3.58. The lowest BCUT2D eigenvalue weighted by Crippen LogP contribution is -2.23. The molecule has 5 nitrogen and oxygen atoms in total. The van der Waals surface area contributed by atoms with Gasteiger partial charge in [0.1, 0.15) is 11.5 Å². The lowest BCUT2D eigenvalue weighted by atomic mass is 9.94. The van der Waals surface area contributed by atoms with E-state index >= 15 is 0 Å². The van der Waals surface area contributed by atoms with E-state index in [0.717, 1.165) is 24.1 Å². The van der Waals surface area contributed by atoms with Gasteiger partial charge in [0.25, 0.3) is 5.91 Å². The van der Waals surface area contributed by atoms with Gasteiger partial charge in [0, 0.05) is 17.7 Å². The third kappa shape index (κ3) is 2.15. The van der Waals surface area contributed by atoms with Gasteiger partial charge in [0.15, 0.2) is 5.78 Å². The molecule has 1 aliphatic rings. The second-order valence-electron chi connectivity index (χ2n) is 5.02. The van der Waals surface area contributed by atoms with Crippen molar-refractivity contribution in [2.45, 2.75) is 32.7 Å². The number of Topliss-reactive ketones (excluding diaryl/α,β-unsaturated/α-hetero) is 1. The molecular formula is C15H16N2O3. The molecule has 2 heterocycles. The smallest absolute Gasteiger partial charge is 0.268 e. The van der Waals surface area contributed by atoms with Gasteiger partial charge in [-0.05, 0) is 37.5 Å². The molecule has 2 aromatic rings. The molecule has 0 saturated carbocycles. The highest BCUT2D eigenvalue weighted by atomic mass is 16.3. The van der Waals surface area contributed by atoms with Crippen molar-refractivity contribution >= 4 is 11.7 Å². The Bertz CT molecular complexity index is 653. The van der Waals surface area contributed by atoms with Gasteiger partial charge in [-0.3, -0.25) is 9.59 Å². The van der Waals surface area contributed by atoms with E-state index in [1.807, 2.05) is 6.92 Å². The van der Waals surface area contributed by atoms with E-state index in [1.54, 1.807) is 18.4 Å². The molecule has 2 aromatic heterocycles. The third-order valence-electron chi connectivity index (χ3n) is 3.67. The number of hydrogen-bond acceptors (Lipinski definition) is 3. The number of aryl methyl sites for hydroxylation is 1. The van der Waals surface area contributed by atoms with Crippen LogP contribution >= 0.6 is 0 Å². The van der Waals surface area contributed by atoms with Crippen molar-refractivity contribution in [2.75, 3.05) is 0 Å². The summed E-state index contributed by atoms with van der Waals surface area (Å²) in [6.45, 7) is 2.16. The standard InChI is InChI=1S/C15H16N2O3/c1-9-13-11(5-2-6-12(13)18)17-14(9)15(19)16-8-10-4-3-7-20-10/h3-4,7,17H,2,5-6,8H2,1H3,(H,16,19). The zero-order valence-corrected chi connectivity index (χ0v) is 11.3. The average Bonchev–Trinajstić information content (AvgIpc) is 3.05. The van der Waals surface area contributed by atoms with Gasteiger partial charge in [-0.2, -0.15) is 0 Å². The number of aromatic amines is 1. The second-order valence-corrected chi connectivity index (χ2v) is 5.02. The van der Waals surface area contributed by atoms with Crippen LogP contribution in [0, 0.1) is 6.92 Å². The minimum Gasteiger partial charge on any atom is -0.467 e. The lowest BCUT2D eigenvalue weighted by Gasteiger charge is -2.09. The summed E-state index contributed by atoms with van der Waals surface area (Å²) in [6.07, 6.45) is 3.81. The van der Waals surface area contributed by atoms with Crippen LogP contribution in [0.25, 0.3) is 0 Å². The number of amides is 1. The van der Waals surface area contributed by atoms with E-state index < -0.39 is 0 Å². The Kier molecular flexibility index (Phi) is 3.18. The van der Waals surface area contributed by atoms with Gasteiger partial charge < -0.3 is 14.7 Å². The summed E-state index contributed by atoms with van der Waals surface area (Å²) in [4.78, 5) is 27.2. The first kappa shape index (κ1) is 12.7. The predicted octanol–water partition coefficient (Wildman–Crippen LogP) is 2.37. The maximum absolute atomic E-state index is 12.2. The van der Waals surface area contributed by atoms with Crippen LogP contribution in [0.5, 0.6) is 0 Å². The summed E-state index contributed by atoms with van der Waals surface area (Å²) >= 11 is 0. The van der Waals surface area contributed by atoms with Gasteiger partial charge >= 0.3 is 0 Å². The molecule has 3 rings (SSSR count). The molecule has 0 atom stereocenters. The van der Waals surface area contributed by atoms with Crippen LogP contribution in [0.4, 0.5) is 0 Å². The highest BCUT2D eigenvalue weighted by Gasteiger charge is 2.26. The van der Waals surface area contributed by atoms with Crippen molar-refractivity contribution in [1.82, 2.24) is 10.3 Å². The Morgan fingerprint density at radius 1 is 1.45 bits per heavy atom. The fraction of sp³-hybridized carbons (Fsp3) is 0.333. The predicted molar refractivity (Wildman–Crippen MR) is 72.7 cm³/mol. The number of aromatic nitrogens is 1. The van der Waals surface area contributed by atoms with Gasteiger partial charge in [-0.25, -0.2) is 0 Å². The minimum absolute atomic E-state index is 0.130. The number of carbonyl (C=O) groups is 2. The van der Waals surface area contributed by atoms with Crippen molar-refractivity contribution < 1.29 is 14.0 Å². The lowest BCUT2D eigenvalue weighted by molar-refractivity contribution is 0.0942. The van der Waals surface area contributed by atoms with Crippen molar-refractivity contribution in [3.63, 3.8) is 0 Å². The number of ketones is 1. The van der Waals surface area contributed by atoms with Crippen LogP contribution in [0.3, 0.4) is 0 Å². The van der Waals surface area contributed by atoms with Gasteiger partial charge in [0.05, 0.1) is 12.8 Å². The fourth-order valence-corrected chi connectivity index (χ4v) is 2.67. The number of nitrogens with one attached hydrogen (secondary N) is 2. The van der Waals surface area contributed by atoms with Crippen molar-refractivity contribution in [2.24, 2.45) is 0 Å². The van der Waals surface area contributed by atoms with Crippen LogP contribution in [0.1, 0.15) is 50.7 Å². The molecular weight excluding hydrogens is 256 g/mol. The summed E-state index contributed by atoms with van der Waals surface area (Å²) < 4.78 is 5.17. The first-order chi connectivity index (χ1) is 9.66. The SMILES string of the molecule is Cc1c(C(=O)NCc2ccco2)[nH]c2c1C(=O)CCC2. The molecule has 0 spiro atoms. The van der Waals surface area contributed by atoms with Crippen LogP contribution < -0.4 is 5.32 Å². The highest BCUT2D eigenvalue weighted by molar-refractivity contribution is 6.04. The van der Waals surface area contributed by atoms with E-state index in [2.05, 4.69) is 10.3 Å². The monoisotopic (exact) mass is 272 g/mol. The maximum atomic E-state index is 12.2. The Hall–Kier alpha value is -2.30. The van der Waals surface area contributed by atoms with Gasteiger partial charge in [0.2, 0.25) is 0 Å². The number of H-pyrrole nitrogens is 1. The number of furan rings is 1. The molecule has 0 aromatic carbocycles. The Morgan fingerprint density at radius 3 is 3.00 bits per heavy atom. The van der Waals surface area contributed by atoms with E-state index in [1.165, 1.54) is 0 Å². The molecule has 0 unspecified atom stereocenters. The zero-order valence-electron chi connectivity index (χ0n) is 11.3. The molecule has 2 N–H and O–H groups in total. The molecule has 1 amide bonds. The van der Waals surface area contributed by atoms with E-state index in [9.17, 15) is 9.59 Å². The molecule has 0 saturated heterocycles. The van der Waals surface area contributed by atoms with Gasteiger partial charge in [-0.1, -0.05) is 0 Å². The Labute approximate surface area is 116 Å². The van der Waals surface area contributed by atoms with E-state index in [-0.39, 0.29) is 11.7 Å². The van der Waals surface area contributed by atoms with Gasteiger partial charge in [-0.15, -0.1) is 0 Å². The van der Waals surface area contributed by atoms with E-state index in [0.29, 0.717) is 30.0 Å². The zero-order chi connectivity index (χ0) is 14.1. The largest absolute Gasteiger partial charge is 0.467 e.